The Bertz CT molecular complexity index is 859. The van der Waals surface area contributed by atoms with Crippen LogP contribution in [0.1, 0.15) is 47.4 Å². The number of benzene rings is 2. The molecule has 2 amide bonds. The van der Waals surface area contributed by atoms with Crippen LogP contribution in [0.15, 0.2) is 42.5 Å². The van der Waals surface area contributed by atoms with E-state index in [1.807, 2.05) is 19.9 Å². The molecule has 0 aromatic heterocycles. The zero-order valence-corrected chi connectivity index (χ0v) is 16.4. The van der Waals surface area contributed by atoms with Crippen LogP contribution in [0.2, 0.25) is 0 Å². The molecule has 6 heteroatoms. The van der Waals surface area contributed by atoms with E-state index >= 15 is 0 Å². The van der Waals surface area contributed by atoms with Crippen LogP contribution in [0.3, 0.4) is 0 Å². The molecule has 1 saturated heterocycles. The standard InChI is InChI=1S/C22H26FN3O2/c1-3-25(4-2)22(28)19-15-18(10-11-20(19)26-12-5-6-13-26)24-21(27)16-8-7-9-17(23)14-16/h7-11,14-15H,3-6,12-13H2,1-2H3,(H,24,27). The second-order valence-corrected chi connectivity index (χ2v) is 6.87. The van der Waals surface area contributed by atoms with Gasteiger partial charge in [-0.05, 0) is 63.1 Å². The normalized spacial score (nSPS) is 13.5. The van der Waals surface area contributed by atoms with Crippen LogP contribution in [0.5, 0.6) is 0 Å². The van der Waals surface area contributed by atoms with Gasteiger partial charge in [0.05, 0.1) is 5.56 Å². The molecule has 0 atom stereocenters. The Balaban J connectivity index is 1.91. The molecule has 0 bridgehead atoms. The lowest BCUT2D eigenvalue weighted by Crippen LogP contribution is -2.32. The van der Waals surface area contributed by atoms with E-state index < -0.39 is 11.7 Å². The second-order valence-electron chi connectivity index (χ2n) is 6.87. The Morgan fingerprint density at radius 1 is 1.07 bits per heavy atom. The van der Waals surface area contributed by atoms with Gasteiger partial charge >= 0.3 is 0 Å². The maximum Gasteiger partial charge on any atom is 0.256 e. The summed E-state index contributed by atoms with van der Waals surface area (Å²) in [5.41, 5.74) is 2.24. The molecule has 5 nitrogen and oxygen atoms in total. The van der Waals surface area contributed by atoms with E-state index in [1.165, 1.54) is 18.2 Å². The van der Waals surface area contributed by atoms with Crippen molar-refractivity contribution in [1.29, 1.82) is 0 Å². The molecule has 0 unspecified atom stereocenters. The lowest BCUT2D eigenvalue weighted by atomic mass is 10.1. The first-order valence-electron chi connectivity index (χ1n) is 9.78. The van der Waals surface area contributed by atoms with Crippen LogP contribution in [0, 0.1) is 5.82 Å². The van der Waals surface area contributed by atoms with E-state index in [0.717, 1.165) is 31.6 Å². The number of rotatable bonds is 6. The number of carbonyl (C=O) groups is 2. The van der Waals surface area contributed by atoms with Crippen molar-refractivity contribution in [2.24, 2.45) is 0 Å². The first-order valence-corrected chi connectivity index (χ1v) is 9.78. The van der Waals surface area contributed by atoms with Gasteiger partial charge in [0.1, 0.15) is 5.82 Å². The highest BCUT2D eigenvalue weighted by atomic mass is 19.1. The Morgan fingerprint density at radius 3 is 2.43 bits per heavy atom. The van der Waals surface area contributed by atoms with Gasteiger partial charge in [0.25, 0.3) is 11.8 Å². The van der Waals surface area contributed by atoms with Gasteiger partial charge in [-0.15, -0.1) is 0 Å². The van der Waals surface area contributed by atoms with Gasteiger partial charge in [-0.3, -0.25) is 9.59 Å². The minimum Gasteiger partial charge on any atom is -0.371 e. The van der Waals surface area contributed by atoms with E-state index in [0.29, 0.717) is 24.3 Å². The predicted molar refractivity (Wildman–Crippen MR) is 109 cm³/mol. The zero-order valence-electron chi connectivity index (χ0n) is 16.4. The van der Waals surface area contributed by atoms with Crippen LogP contribution in [-0.4, -0.2) is 42.9 Å². The number of anilines is 2. The van der Waals surface area contributed by atoms with Gasteiger partial charge in [-0.1, -0.05) is 6.07 Å². The van der Waals surface area contributed by atoms with Crippen LogP contribution in [0.25, 0.3) is 0 Å². The molecule has 0 radical (unpaired) electrons. The molecule has 0 saturated carbocycles. The number of amides is 2. The quantitative estimate of drug-likeness (QED) is 0.815. The van der Waals surface area contributed by atoms with Crippen molar-refractivity contribution < 1.29 is 14.0 Å². The molecule has 2 aromatic rings. The molecule has 1 aliphatic rings. The molecule has 1 aliphatic heterocycles. The largest absolute Gasteiger partial charge is 0.371 e. The van der Waals surface area contributed by atoms with Crippen LogP contribution in [0.4, 0.5) is 15.8 Å². The average molecular weight is 383 g/mol. The molecule has 2 aromatic carbocycles. The van der Waals surface area contributed by atoms with Crippen molar-refractivity contribution in [3.63, 3.8) is 0 Å². The summed E-state index contributed by atoms with van der Waals surface area (Å²) >= 11 is 0. The van der Waals surface area contributed by atoms with Crippen molar-refractivity contribution >= 4 is 23.2 Å². The molecular formula is C22H26FN3O2. The van der Waals surface area contributed by atoms with Crippen LogP contribution < -0.4 is 10.2 Å². The average Bonchev–Trinajstić information content (AvgIpc) is 3.23. The van der Waals surface area contributed by atoms with Gasteiger partial charge in [0, 0.05) is 43.1 Å². The van der Waals surface area contributed by atoms with E-state index in [2.05, 4.69) is 10.2 Å². The van der Waals surface area contributed by atoms with Crippen molar-refractivity contribution in [3.05, 3.63) is 59.4 Å². The molecule has 1 N–H and O–H groups in total. The lowest BCUT2D eigenvalue weighted by Gasteiger charge is -2.25. The molecule has 0 aliphatic carbocycles. The van der Waals surface area contributed by atoms with Gasteiger partial charge in [0.2, 0.25) is 0 Å². The molecule has 1 heterocycles. The maximum absolute atomic E-state index is 13.4. The summed E-state index contributed by atoms with van der Waals surface area (Å²) in [5, 5.41) is 2.78. The summed E-state index contributed by atoms with van der Waals surface area (Å²) in [6, 6.07) is 11.0. The first kappa shape index (κ1) is 19.9. The number of carbonyl (C=O) groups excluding carboxylic acids is 2. The van der Waals surface area contributed by atoms with Gasteiger partial charge in [0.15, 0.2) is 0 Å². The van der Waals surface area contributed by atoms with E-state index in [9.17, 15) is 14.0 Å². The highest BCUT2D eigenvalue weighted by Gasteiger charge is 2.23. The number of hydrogen-bond donors (Lipinski definition) is 1. The number of nitrogens with one attached hydrogen (secondary N) is 1. The van der Waals surface area contributed by atoms with E-state index in [1.54, 1.807) is 23.1 Å². The predicted octanol–water partition coefficient (Wildman–Crippen LogP) is 4.16. The van der Waals surface area contributed by atoms with Crippen molar-refractivity contribution in [3.8, 4) is 0 Å². The molecule has 148 valence electrons. The number of nitrogens with zero attached hydrogens (tertiary/aromatic N) is 2. The Kier molecular flexibility index (Phi) is 6.29. The first-order chi connectivity index (χ1) is 13.5. The fraction of sp³-hybridized carbons (Fsp3) is 0.364. The summed E-state index contributed by atoms with van der Waals surface area (Å²) < 4.78 is 13.4. The summed E-state index contributed by atoms with van der Waals surface area (Å²) in [4.78, 5) is 29.5. The van der Waals surface area contributed by atoms with Crippen LogP contribution >= 0.6 is 0 Å². The molecule has 28 heavy (non-hydrogen) atoms. The van der Waals surface area contributed by atoms with Crippen LogP contribution in [-0.2, 0) is 0 Å². The summed E-state index contributed by atoms with van der Waals surface area (Å²) in [6.07, 6.45) is 2.22. The number of halogens is 1. The summed E-state index contributed by atoms with van der Waals surface area (Å²) in [5.74, 6) is -0.919. The topological polar surface area (TPSA) is 52.7 Å². The highest BCUT2D eigenvalue weighted by molar-refractivity contribution is 6.06. The SMILES string of the molecule is CCN(CC)C(=O)c1cc(NC(=O)c2cccc(F)c2)ccc1N1CCCC1. The third kappa shape index (κ3) is 4.32. The minimum atomic E-state index is -0.463. The molecule has 0 spiro atoms. The van der Waals surface area contributed by atoms with Gasteiger partial charge in [-0.2, -0.15) is 0 Å². The van der Waals surface area contributed by atoms with Crippen molar-refractivity contribution in [2.45, 2.75) is 26.7 Å². The number of hydrogen-bond acceptors (Lipinski definition) is 3. The lowest BCUT2D eigenvalue weighted by molar-refractivity contribution is 0.0773. The van der Waals surface area contributed by atoms with Crippen molar-refractivity contribution in [1.82, 2.24) is 4.90 Å². The van der Waals surface area contributed by atoms with E-state index in [-0.39, 0.29) is 11.5 Å². The maximum atomic E-state index is 13.4. The smallest absolute Gasteiger partial charge is 0.256 e. The summed E-state index contributed by atoms with van der Waals surface area (Å²) in [6.45, 7) is 6.99. The zero-order chi connectivity index (χ0) is 20.1. The minimum absolute atomic E-state index is 0.0474. The third-order valence-electron chi connectivity index (χ3n) is 5.07. The second kappa shape index (κ2) is 8.87. The Morgan fingerprint density at radius 2 is 1.79 bits per heavy atom. The Labute approximate surface area is 165 Å². The highest BCUT2D eigenvalue weighted by Crippen LogP contribution is 2.29. The van der Waals surface area contributed by atoms with Gasteiger partial charge < -0.3 is 15.1 Å². The summed E-state index contributed by atoms with van der Waals surface area (Å²) in [7, 11) is 0. The third-order valence-corrected chi connectivity index (χ3v) is 5.07. The molecular weight excluding hydrogens is 357 g/mol. The van der Waals surface area contributed by atoms with Gasteiger partial charge in [-0.25, -0.2) is 4.39 Å². The van der Waals surface area contributed by atoms with Crippen molar-refractivity contribution in [2.75, 3.05) is 36.4 Å². The fourth-order valence-electron chi connectivity index (χ4n) is 3.53. The monoisotopic (exact) mass is 383 g/mol. The fourth-order valence-corrected chi connectivity index (χ4v) is 3.53. The Hall–Kier alpha value is -2.89. The molecule has 3 rings (SSSR count). The molecule has 1 fully saturated rings. The van der Waals surface area contributed by atoms with E-state index in [4.69, 9.17) is 0 Å².